The standard InChI is InChI=1S/C16H25N3O2/c1-17-10-15-12-19(8-9-21-15)13-16(20)18(2)11-14-6-4-3-5-7-14/h3-7,15,17H,8-13H2,1-2H3. The third kappa shape index (κ3) is 5.12. The van der Waals surface area contributed by atoms with Crippen LogP contribution in [0.25, 0.3) is 0 Å². The number of rotatable bonds is 6. The Balaban J connectivity index is 1.80. The van der Waals surface area contributed by atoms with Crippen molar-refractivity contribution < 1.29 is 9.53 Å². The molecule has 116 valence electrons. The van der Waals surface area contributed by atoms with Gasteiger partial charge in [-0.25, -0.2) is 0 Å². The first-order valence-corrected chi connectivity index (χ1v) is 7.45. The molecule has 5 heteroatoms. The van der Waals surface area contributed by atoms with Crippen LogP contribution >= 0.6 is 0 Å². The number of hydrogen-bond acceptors (Lipinski definition) is 4. The highest BCUT2D eigenvalue weighted by molar-refractivity contribution is 5.78. The molecule has 1 atom stereocenters. The van der Waals surface area contributed by atoms with Gasteiger partial charge in [-0.15, -0.1) is 0 Å². The lowest BCUT2D eigenvalue weighted by atomic mass is 10.2. The van der Waals surface area contributed by atoms with Crippen LogP contribution in [0.15, 0.2) is 30.3 Å². The third-order valence-corrected chi connectivity index (χ3v) is 3.70. The van der Waals surface area contributed by atoms with Crippen LogP contribution in [0.3, 0.4) is 0 Å². The number of carbonyl (C=O) groups is 1. The lowest BCUT2D eigenvalue weighted by molar-refractivity contribution is -0.133. The summed E-state index contributed by atoms with van der Waals surface area (Å²) in [5, 5.41) is 3.12. The Morgan fingerprint density at radius 3 is 2.90 bits per heavy atom. The predicted octanol–water partition coefficient (Wildman–Crippen LogP) is 0.565. The number of carbonyl (C=O) groups excluding carboxylic acids is 1. The molecule has 0 radical (unpaired) electrons. The van der Waals surface area contributed by atoms with Crippen molar-refractivity contribution in [3.8, 4) is 0 Å². The second-order valence-corrected chi connectivity index (χ2v) is 5.52. The maximum atomic E-state index is 12.3. The van der Waals surface area contributed by atoms with Crippen LogP contribution in [0.5, 0.6) is 0 Å². The first-order valence-electron chi connectivity index (χ1n) is 7.45. The Hall–Kier alpha value is -1.43. The number of nitrogens with zero attached hydrogens (tertiary/aromatic N) is 2. The largest absolute Gasteiger partial charge is 0.374 e. The number of morpholine rings is 1. The maximum Gasteiger partial charge on any atom is 0.236 e. The first kappa shape index (κ1) is 15.9. The van der Waals surface area contributed by atoms with Gasteiger partial charge in [-0.3, -0.25) is 9.69 Å². The fourth-order valence-corrected chi connectivity index (χ4v) is 2.53. The van der Waals surface area contributed by atoms with Crippen molar-refractivity contribution >= 4 is 5.91 Å². The van der Waals surface area contributed by atoms with Crippen molar-refractivity contribution in [3.63, 3.8) is 0 Å². The van der Waals surface area contributed by atoms with Crippen molar-refractivity contribution in [2.24, 2.45) is 0 Å². The van der Waals surface area contributed by atoms with Gasteiger partial charge in [0.15, 0.2) is 0 Å². The minimum Gasteiger partial charge on any atom is -0.374 e. The van der Waals surface area contributed by atoms with Crippen LogP contribution in [0.2, 0.25) is 0 Å². The van der Waals surface area contributed by atoms with E-state index in [0.717, 1.165) is 25.2 Å². The molecule has 1 aliphatic heterocycles. The molecule has 0 saturated carbocycles. The highest BCUT2D eigenvalue weighted by atomic mass is 16.5. The molecule has 5 nitrogen and oxygen atoms in total. The summed E-state index contributed by atoms with van der Waals surface area (Å²) in [6.45, 7) is 4.28. The molecule has 1 aromatic carbocycles. The van der Waals surface area contributed by atoms with Crippen molar-refractivity contribution in [2.75, 3.05) is 46.9 Å². The Morgan fingerprint density at radius 2 is 2.19 bits per heavy atom. The third-order valence-electron chi connectivity index (χ3n) is 3.70. The molecule has 0 bridgehead atoms. The molecule has 1 fully saturated rings. The van der Waals surface area contributed by atoms with Crippen molar-refractivity contribution in [3.05, 3.63) is 35.9 Å². The second-order valence-electron chi connectivity index (χ2n) is 5.52. The number of likely N-dealkylation sites (N-methyl/N-ethyl adjacent to an activating group) is 2. The van der Waals surface area contributed by atoms with Gasteiger partial charge in [0.1, 0.15) is 0 Å². The van der Waals surface area contributed by atoms with Crippen LogP contribution < -0.4 is 5.32 Å². The van der Waals surface area contributed by atoms with E-state index in [0.29, 0.717) is 19.7 Å². The highest BCUT2D eigenvalue weighted by Gasteiger charge is 2.22. The topological polar surface area (TPSA) is 44.8 Å². The van der Waals surface area contributed by atoms with Gasteiger partial charge in [0, 0.05) is 33.2 Å². The van der Waals surface area contributed by atoms with E-state index in [4.69, 9.17) is 4.74 Å². The van der Waals surface area contributed by atoms with Gasteiger partial charge in [0.25, 0.3) is 0 Å². The van der Waals surface area contributed by atoms with Gasteiger partial charge in [0.05, 0.1) is 19.3 Å². The molecule has 1 aromatic rings. The lowest BCUT2D eigenvalue weighted by Crippen LogP contribution is -2.49. The Labute approximate surface area is 126 Å². The number of benzene rings is 1. The Bertz CT molecular complexity index is 436. The molecular weight excluding hydrogens is 266 g/mol. The minimum atomic E-state index is 0.156. The molecular formula is C16H25N3O2. The van der Waals surface area contributed by atoms with Gasteiger partial charge < -0.3 is 15.0 Å². The van der Waals surface area contributed by atoms with Gasteiger partial charge in [-0.05, 0) is 12.6 Å². The highest BCUT2D eigenvalue weighted by Crippen LogP contribution is 2.07. The number of ether oxygens (including phenoxy) is 1. The number of nitrogens with one attached hydrogen (secondary N) is 1. The summed E-state index contributed by atoms with van der Waals surface area (Å²) >= 11 is 0. The zero-order valence-electron chi connectivity index (χ0n) is 12.9. The fourth-order valence-electron chi connectivity index (χ4n) is 2.53. The average Bonchev–Trinajstić information content (AvgIpc) is 2.49. The molecule has 1 heterocycles. The summed E-state index contributed by atoms with van der Waals surface area (Å²) in [7, 11) is 3.78. The zero-order chi connectivity index (χ0) is 15.1. The van der Waals surface area contributed by atoms with Gasteiger partial charge in [-0.2, -0.15) is 0 Å². The molecule has 0 aromatic heterocycles. The number of amides is 1. The molecule has 1 unspecified atom stereocenters. The van der Waals surface area contributed by atoms with Crippen LogP contribution in [-0.4, -0.2) is 68.7 Å². The molecule has 1 N–H and O–H groups in total. The molecule has 1 aliphatic rings. The zero-order valence-corrected chi connectivity index (χ0v) is 12.9. The fraction of sp³-hybridized carbons (Fsp3) is 0.562. The van der Waals surface area contributed by atoms with Crippen LogP contribution in [-0.2, 0) is 16.1 Å². The van der Waals surface area contributed by atoms with E-state index in [1.807, 2.05) is 44.4 Å². The van der Waals surface area contributed by atoms with E-state index in [1.54, 1.807) is 4.90 Å². The van der Waals surface area contributed by atoms with Gasteiger partial charge in [0.2, 0.25) is 5.91 Å². The van der Waals surface area contributed by atoms with Crippen molar-refractivity contribution in [2.45, 2.75) is 12.6 Å². The van der Waals surface area contributed by atoms with Gasteiger partial charge >= 0.3 is 0 Å². The first-order chi connectivity index (χ1) is 10.2. The van der Waals surface area contributed by atoms with E-state index in [-0.39, 0.29) is 12.0 Å². The van der Waals surface area contributed by atoms with Gasteiger partial charge in [-0.1, -0.05) is 30.3 Å². The summed E-state index contributed by atoms with van der Waals surface area (Å²) in [6.07, 6.45) is 0.177. The van der Waals surface area contributed by atoms with E-state index in [2.05, 4.69) is 10.2 Å². The Morgan fingerprint density at radius 1 is 1.43 bits per heavy atom. The Kier molecular flexibility index (Phi) is 6.17. The van der Waals surface area contributed by atoms with Crippen LogP contribution in [0.1, 0.15) is 5.56 Å². The summed E-state index contributed by atoms with van der Waals surface area (Å²) < 4.78 is 5.66. The van der Waals surface area contributed by atoms with E-state index in [9.17, 15) is 4.79 Å². The lowest BCUT2D eigenvalue weighted by Gasteiger charge is -2.33. The average molecular weight is 291 g/mol. The normalized spacial score (nSPS) is 19.4. The maximum absolute atomic E-state index is 12.3. The molecule has 1 amide bonds. The summed E-state index contributed by atoms with van der Waals surface area (Å²) in [5.74, 6) is 0.156. The predicted molar refractivity (Wildman–Crippen MR) is 83.0 cm³/mol. The van der Waals surface area contributed by atoms with E-state index in [1.165, 1.54) is 0 Å². The molecule has 0 aliphatic carbocycles. The molecule has 1 saturated heterocycles. The van der Waals surface area contributed by atoms with Crippen molar-refractivity contribution in [1.29, 1.82) is 0 Å². The summed E-state index contributed by atoms with van der Waals surface area (Å²) in [6, 6.07) is 10.1. The molecule has 21 heavy (non-hydrogen) atoms. The monoisotopic (exact) mass is 291 g/mol. The van der Waals surface area contributed by atoms with E-state index >= 15 is 0 Å². The van der Waals surface area contributed by atoms with Crippen molar-refractivity contribution in [1.82, 2.24) is 15.1 Å². The SMILES string of the molecule is CNCC1CN(CC(=O)N(C)Cc2ccccc2)CCO1. The second kappa shape index (κ2) is 8.12. The number of hydrogen-bond donors (Lipinski definition) is 1. The summed E-state index contributed by atoms with van der Waals surface area (Å²) in [5.41, 5.74) is 1.16. The smallest absolute Gasteiger partial charge is 0.236 e. The van der Waals surface area contributed by atoms with Crippen LogP contribution in [0, 0.1) is 0 Å². The molecule has 2 rings (SSSR count). The quantitative estimate of drug-likeness (QED) is 0.832. The minimum absolute atomic E-state index is 0.156. The summed E-state index contributed by atoms with van der Waals surface area (Å²) in [4.78, 5) is 16.3. The van der Waals surface area contributed by atoms with E-state index < -0.39 is 0 Å². The molecule has 0 spiro atoms. The van der Waals surface area contributed by atoms with Crippen LogP contribution in [0.4, 0.5) is 0 Å².